The van der Waals surface area contributed by atoms with Crippen molar-refractivity contribution in [3.8, 4) is 0 Å². The fourth-order valence-electron chi connectivity index (χ4n) is 3.32. The molecule has 170 valence electrons. The molecular formula is C24H23N3O3S3. The van der Waals surface area contributed by atoms with Crippen LogP contribution >= 0.6 is 23.1 Å². The molecule has 0 N–H and O–H groups in total. The van der Waals surface area contributed by atoms with E-state index in [0.29, 0.717) is 17.2 Å². The van der Waals surface area contributed by atoms with Crippen molar-refractivity contribution in [1.82, 2.24) is 9.29 Å². The number of thioether (sulfide) groups is 1. The van der Waals surface area contributed by atoms with Crippen molar-refractivity contribution in [2.45, 2.75) is 16.3 Å². The SMILES string of the molecule is CSc1cccc2sc(N(Cc3ccccc3)C(=O)c3ccc(S(=O)(=O)N(C)C)cc3)nc12. The summed E-state index contributed by atoms with van der Waals surface area (Å²) in [5.74, 6) is -0.239. The summed E-state index contributed by atoms with van der Waals surface area (Å²) in [4.78, 5) is 21.3. The zero-order chi connectivity index (χ0) is 23.6. The molecule has 0 atom stereocenters. The molecule has 4 rings (SSSR count). The predicted octanol–water partition coefficient (Wildman–Crippen LogP) is 5.12. The standard InChI is InChI=1S/C24H23N3O3S3/c1-26(2)33(29,30)19-14-12-18(13-15-19)23(28)27(16-17-8-5-4-6-9-17)24-25-22-20(31-3)10-7-11-21(22)32-24/h4-15H,16H2,1-3H3. The van der Waals surface area contributed by atoms with Gasteiger partial charge in [-0.05, 0) is 48.2 Å². The number of carbonyl (C=O) groups is 1. The number of anilines is 1. The quantitative estimate of drug-likeness (QED) is 0.332. The molecule has 9 heteroatoms. The lowest BCUT2D eigenvalue weighted by Gasteiger charge is -2.20. The van der Waals surface area contributed by atoms with Gasteiger partial charge in [0.25, 0.3) is 5.91 Å². The zero-order valence-electron chi connectivity index (χ0n) is 18.4. The third-order valence-corrected chi connectivity index (χ3v) is 8.77. The number of hydrogen-bond acceptors (Lipinski definition) is 6. The second-order valence-corrected chi connectivity index (χ2v) is 11.5. The van der Waals surface area contributed by atoms with Crippen LogP contribution in [-0.2, 0) is 16.6 Å². The van der Waals surface area contributed by atoms with Crippen LogP contribution in [0.3, 0.4) is 0 Å². The lowest BCUT2D eigenvalue weighted by atomic mass is 10.1. The Morgan fingerprint density at radius 1 is 0.970 bits per heavy atom. The lowest BCUT2D eigenvalue weighted by Crippen LogP contribution is -2.30. The Labute approximate surface area is 201 Å². The van der Waals surface area contributed by atoms with Gasteiger partial charge in [-0.3, -0.25) is 9.69 Å². The number of thiazole rings is 1. The largest absolute Gasteiger partial charge is 0.279 e. The molecule has 0 unspecified atom stereocenters. The van der Waals surface area contributed by atoms with Crippen molar-refractivity contribution < 1.29 is 13.2 Å². The van der Waals surface area contributed by atoms with Gasteiger partial charge in [0.2, 0.25) is 10.0 Å². The average molecular weight is 498 g/mol. The molecule has 1 heterocycles. The van der Waals surface area contributed by atoms with Crippen LogP contribution in [0.2, 0.25) is 0 Å². The number of para-hydroxylation sites is 1. The van der Waals surface area contributed by atoms with E-state index in [2.05, 4.69) is 0 Å². The monoisotopic (exact) mass is 497 g/mol. The van der Waals surface area contributed by atoms with Gasteiger partial charge in [0.1, 0.15) is 0 Å². The molecule has 0 fully saturated rings. The van der Waals surface area contributed by atoms with Crippen LogP contribution in [0, 0.1) is 0 Å². The van der Waals surface area contributed by atoms with Gasteiger partial charge < -0.3 is 0 Å². The number of sulfonamides is 1. The highest BCUT2D eigenvalue weighted by Crippen LogP contribution is 2.35. The van der Waals surface area contributed by atoms with Gasteiger partial charge in [0, 0.05) is 24.6 Å². The van der Waals surface area contributed by atoms with Crippen molar-refractivity contribution in [3.05, 3.63) is 83.9 Å². The Bertz CT molecular complexity index is 1380. The maximum absolute atomic E-state index is 13.6. The summed E-state index contributed by atoms with van der Waals surface area (Å²) < 4.78 is 26.9. The van der Waals surface area contributed by atoms with E-state index in [9.17, 15) is 13.2 Å². The zero-order valence-corrected chi connectivity index (χ0v) is 20.9. The number of amides is 1. The molecule has 0 saturated heterocycles. The average Bonchev–Trinajstić information content (AvgIpc) is 3.27. The molecule has 0 aliphatic rings. The Hall–Kier alpha value is -2.72. The first kappa shape index (κ1) is 23.4. The summed E-state index contributed by atoms with van der Waals surface area (Å²) in [5.41, 5.74) is 2.25. The van der Waals surface area contributed by atoms with Crippen molar-refractivity contribution in [3.63, 3.8) is 0 Å². The minimum atomic E-state index is -3.57. The number of carbonyl (C=O) groups excluding carboxylic acids is 1. The summed E-state index contributed by atoms with van der Waals surface area (Å²) in [6.07, 6.45) is 2.00. The van der Waals surface area contributed by atoms with E-state index in [1.165, 1.54) is 37.6 Å². The van der Waals surface area contributed by atoms with Crippen LogP contribution < -0.4 is 4.90 Å². The van der Waals surface area contributed by atoms with Gasteiger partial charge in [-0.1, -0.05) is 47.7 Å². The number of rotatable bonds is 7. The van der Waals surface area contributed by atoms with Gasteiger partial charge in [0.05, 0.1) is 21.7 Å². The number of hydrogen-bond donors (Lipinski definition) is 0. The smallest absolute Gasteiger partial charge is 0.260 e. The van der Waals surface area contributed by atoms with Crippen LogP contribution in [0.15, 0.2) is 82.6 Å². The predicted molar refractivity (Wildman–Crippen MR) is 136 cm³/mol. The normalized spacial score (nSPS) is 11.8. The highest BCUT2D eigenvalue weighted by molar-refractivity contribution is 7.98. The van der Waals surface area contributed by atoms with E-state index in [1.807, 2.05) is 54.8 Å². The molecule has 0 spiro atoms. The summed E-state index contributed by atoms with van der Waals surface area (Å²) in [6, 6.07) is 21.8. The molecule has 1 amide bonds. The van der Waals surface area contributed by atoms with Crippen LogP contribution in [0.25, 0.3) is 10.2 Å². The fraction of sp³-hybridized carbons (Fsp3) is 0.167. The molecular weight excluding hydrogens is 474 g/mol. The molecule has 0 aliphatic carbocycles. The van der Waals surface area contributed by atoms with Gasteiger partial charge in [0.15, 0.2) is 5.13 Å². The van der Waals surface area contributed by atoms with Crippen LogP contribution in [0.1, 0.15) is 15.9 Å². The minimum absolute atomic E-state index is 0.142. The lowest BCUT2D eigenvalue weighted by molar-refractivity contribution is 0.0985. The summed E-state index contributed by atoms with van der Waals surface area (Å²) in [6.45, 7) is 0.353. The highest BCUT2D eigenvalue weighted by atomic mass is 32.2. The molecule has 4 aromatic rings. The first-order valence-corrected chi connectivity index (χ1v) is 13.6. The Morgan fingerprint density at radius 2 is 1.67 bits per heavy atom. The van der Waals surface area contributed by atoms with Gasteiger partial charge in [-0.25, -0.2) is 17.7 Å². The van der Waals surface area contributed by atoms with Crippen LogP contribution in [-0.4, -0.2) is 44.0 Å². The second-order valence-electron chi connectivity index (χ2n) is 7.49. The number of fused-ring (bicyclic) bond motifs is 1. The number of benzene rings is 3. The van der Waals surface area contributed by atoms with Crippen LogP contribution in [0.5, 0.6) is 0 Å². The number of aromatic nitrogens is 1. The first-order chi connectivity index (χ1) is 15.8. The van der Waals surface area contributed by atoms with Gasteiger partial charge in [-0.15, -0.1) is 11.8 Å². The highest BCUT2D eigenvalue weighted by Gasteiger charge is 2.24. The second kappa shape index (κ2) is 9.64. The molecule has 33 heavy (non-hydrogen) atoms. The Morgan fingerprint density at radius 3 is 2.30 bits per heavy atom. The van der Waals surface area contributed by atoms with Crippen molar-refractivity contribution in [2.24, 2.45) is 0 Å². The van der Waals surface area contributed by atoms with E-state index >= 15 is 0 Å². The van der Waals surface area contributed by atoms with Crippen molar-refractivity contribution in [2.75, 3.05) is 25.3 Å². The molecule has 0 radical (unpaired) electrons. The van der Waals surface area contributed by atoms with E-state index in [-0.39, 0.29) is 10.8 Å². The van der Waals surface area contributed by atoms with Gasteiger partial charge >= 0.3 is 0 Å². The van der Waals surface area contributed by atoms with E-state index in [4.69, 9.17) is 4.98 Å². The minimum Gasteiger partial charge on any atom is -0.279 e. The fourth-order valence-corrected chi connectivity index (χ4v) is 5.84. The van der Waals surface area contributed by atoms with Crippen molar-refractivity contribution >= 4 is 54.4 Å². The maximum Gasteiger partial charge on any atom is 0.260 e. The summed E-state index contributed by atoms with van der Waals surface area (Å²) in [7, 11) is -0.613. The molecule has 1 aromatic heterocycles. The molecule has 0 saturated carbocycles. The van der Waals surface area contributed by atoms with E-state index in [1.54, 1.807) is 28.8 Å². The summed E-state index contributed by atoms with van der Waals surface area (Å²) in [5, 5.41) is 0.602. The molecule has 3 aromatic carbocycles. The Kier molecular flexibility index (Phi) is 6.85. The molecule has 0 aliphatic heterocycles. The topological polar surface area (TPSA) is 70.6 Å². The first-order valence-electron chi connectivity index (χ1n) is 10.1. The Balaban J connectivity index is 1.74. The molecule has 0 bridgehead atoms. The van der Waals surface area contributed by atoms with E-state index in [0.717, 1.165) is 25.0 Å². The third-order valence-electron chi connectivity index (χ3n) is 5.13. The molecule has 6 nitrogen and oxygen atoms in total. The number of nitrogens with zero attached hydrogens (tertiary/aromatic N) is 3. The van der Waals surface area contributed by atoms with Crippen molar-refractivity contribution in [1.29, 1.82) is 0 Å². The maximum atomic E-state index is 13.6. The van der Waals surface area contributed by atoms with Crippen LogP contribution in [0.4, 0.5) is 5.13 Å². The summed E-state index contributed by atoms with van der Waals surface area (Å²) >= 11 is 3.08. The van der Waals surface area contributed by atoms with E-state index < -0.39 is 10.0 Å². The third kappa shape index (κ3) is 4.81. The van der Waals surface area contributed by atoms with Gasteiger partial charge in [-0.2, -0.15) is 0 Å².